The molecule has 4 atom stereocenters. The van der Waals surface area contributed by atoms with E-state index in [0.29, 0.717) is 42.0 Å². The van der Waals surface area contributed by atoms with Crippen molar-refractivity contribution in [3.05, 3.63) is 87.7 Å². The van der Waals surface area contributed by atoms with Crippen LogP contribution in [0.5, 0.6) is 5.75 Å². The van der Waals surface area contributed by atoms with Gasteiger partial charge in [0.15, 0.2) is 9.90 Å². The van der Waals surface area contributed by atoms with Crippen molar-refractivity contribution >= 4 is 51.5 Å². The highest BCUT2D eigenvalue weighted by molar-refractivity contribution is 14.1. The van der Waals surface area contributed by atoms with Crippen molar-refractivity contribution in [2.75, 3.05) is 44.3 Å². The molecule has 2 aliphatic rings. The fourth-order valence-electron chi connectivity index (χ4n) is 5.41. The summed E-state index contributed by atoms with van der Waals surface area (Å²) in [6.07, 6.45) is 4.11. The first-order valence-electron chi connectivity index (χ1n) is 14.6. The Morgan fingerprint density at radius 2 is 1.93 bits per heavy atom. The number of hydrogen-bond donors (Lipinski definition) is 2. The number of benzene rings is 2. The van der Waals surface area contributed by atoms with Gasteiger partial charge in [0.1, 0.15) is 12.4 Å². The maximum Gasteiger partial charge on any atom is 0.158 e. The molecule has 0 aliphatic carbocycles. The van der Waals surface area contributed by atoms with E-state index in [-0.39, 0.29) is 18.9 Å². The lowest BCUT2D eigenvalue weighted by atomic mass is 10.0. The van der Waals surface area contributed by atoms with Crippen LogP contribution in [0, 0.1) is 0 Å². The third-order valence-electron chi connectivity index (χ3n) is 7.69. The van der Waals surface area contributed by atoms with Crippen molar-refractivity contribution in [1.29, 1.82) is 0 Å². The van der Waals surface area contributed by atoms with Gasteiger partial charge in [0.05, 0.1) is 35.2 Å². The van der Waals surface area contributed by atoms with Crippen LogP contribution in [0.25, 0.3) is 0 Å². The number of anilines is 1. The lowest BCUT2D eigenvalue weighted by Crippen LogP contribution is -2.51. The highest BCUT2D eigenvalue weighted by atomic mass is 127. The number of aliphatic hydroxyl groups excluding tert-OH is 1. The number of halogens is 3. The Bertz CT molecular complexity index is 1320. The molecule has 0 bridgehead atoms. The van der Waals surface area contributed by atoms with Gasteiger partial charge in [-0.05, 0) is 84.7 Å². The summed E-state index contributed by atoms with van der Waals surface area (Å²) >= 11 is 15.1. The van der Waals surface area contributed by atoms with E-state index in [1.807, 2.05) is 48.5 Å². The summed E-state index contributed by atoms with van der Waals surface area (Å²) in [5.41, 5.74) is 3.55. The molecule has 43 heavy (non-hydrogen) atoms. The van der Waals surface area contributed by atoms with Gasteiger partial charge in [0, 0.05) is 55.6 Å². The number of β-amino-alcohol motifs (C(OH)–C–C–N with tert-alkyl or cyclic N) is 1. The van der Waals surface area contributed by atoms with Crippen molar-refractivity contribution in [1.82, 2.24) is 9.88 Å². The summed E-state index contributed by atoms with van der Waals surface area (Å²) in [6, 6.07) is 17.3. The summed E-state index contributed by atoms with van der Waals surface area (Å²) in [6.45, 7) is 5.53. The van der Waals surface area contributed by atoms with Gasteiger partial charge in [0.25, 0.3) is 0 Å². The molecule has 0 radical (unpaired) electrons. The van der Waals surface area contributed by atoms with Crippen LogP contribution in [-0.4, -0.2) is 71.9 Å². The zero-order valence-electron chi connectivity index (χ0n) is 24.2. The SMILES string of the molecule is C[C@@H](O)COc1ccc(N2CCN(C[C@](O)(I)c3ccc(COC4CCCCO4)nc3)C[C@H]2c2ccc(Cl)cc2)c(Cl)c1. The van der Waals surface area contributed by atoms with E-state index >= 15 is 0 Å². The first-order chi connectivity index (χ1) is 20.7. The minimum absolute atomic E-state index is 0.0281. The highest BCUT2D eigenvalue weighted by Crippen LogP contribution is 2.39. The predicted octanol–water partition coefficient (Wildman–Crippen LogP) is 6.33. The zero-order chi connectivity index (χ0) is 30.4. The van der Waals surface area contributed by atoms with E-state index in [2.05, 4.69) is 37.4 Å². The molecule has 2 saturated heterocycles. The number of pyridine rings is 1. The fourth-order valence-corrected chi connectivity index (χ4v) is 6.62. The van der Waals surface area contributed by atoms with Crippen LogP contribution < -0.4 is 9.64 Å². The standard InChI is InChI=1S/C32H38Cl2IN3O5/c1-22(39)19-42-27-11-12-29(28(34)16-27)38-14-13-37(18-30(38)23-5-8-25(33)9-6-23)21-32(35,40)24-7-10-26(36-17-24)20-43-31-4-2-3-15-41-31/h5-12,16-17,22,30-31,39-40H,2-4,13-15,18-21H2,1H3/t22-,30+,31?,32-/m1/s1. The molecule has 1 unspecified atom stereocenters. The summed E-state index contributed by atoms with van der Waals surface area (Å²) in [7, 11) is 0. The molecule has 8 nitrogen and oxygen atoms in total. The maximum atomic E-state index is 11.6. The molecule has 11 heteroatoms. The molecular weight excluding hydrogens is 704 g/mol. The lowest BCUT2D eigenvalue weighted by Gasteiger charge is -2.45. The van der Waals surface area contributed by atoms with Crippen LogP contribution in [-0.2, 0) is 19.7 Å². The smallest absolute Gasteiger partial charge is 0.158 e. The van der Waals surface area contributed by atoms with Gasteiger partial charge < -0.3 is 29.3 Å². The second-order valence-electron chi connectivity index (χ2n) is 11.2. The quantitative estimate of drug-likeness (QED) is 0.174. The molecule has 3 aromatic rings. The fraction of sp³-hybridized carbons (Fsp3) is 0.469. The molecule has 0 spiro atoms. The van der Waals surface area contributed by atoms with Gasteiger partial charge in [-0.25, -0.2) is 0 Å². The van der Waals surface area contributed by atoms with Gasteiger partial charge in [-0.15, -0.1) is 0 Å². The molecule has 2 N–H and O–H groups in total. The Morgan fingerprint density at radius 3 is 2.60 bits per heavy atom. The monoisotopic (exact) mass is 741 g/mol. The zero-order valence-corrected chi connectivity index (χ0v) is 27.8. The van der Waals surface area contributed by atoms with Gasteiger partial charge in [-0.1, -0.05) is 41.4 Å². The Hall–Kier alpha value is -1.70. The van der Waals surface area contributed by atoms with Gasteiger partial charge in [-0.3, -0.25) is 9.88 Å². The molecule has 3 heterocycles. The molecule has 2 fully saturated rings. The van der Waals surface area contributed by atoms with Gasteiger partial charge >= 0.3 is 0 Å². The van der Waals surface area contributed by atoms with Crippen LogP contribution in [0.4, 0.5) is 5.69 Å². The Morgan fingerprint density at radius 1 is 1.12 bits per heavy atom. The van der Waals surface area contributed by atoms with Crippen molar-refractivity contribution in [2.24, 2.45) is 0 Å². The van der Waals surface area contributed by atoms with Crippen LogP contribution in [0.3, 0.4) is 0 Å². The molecule has 0 amide bonds. The number of nitrogens with zero attached hydrogens (tertiary/aromatic N) is 3. The van der Waals surface area contributed by atoms with Crippen LogP contribution in [0.1, 0.15) is 49.0 Å². The Labute approximate surface area is 277 Å². The van der Waals surface area contributed by atoms with Crippen LogP contribution in [0.2, 0.25) is 10.0 Å². The van der Waals surface area contributed by atoms with Crippen LogP contribution in [0.15, 0.2) is 60.8 Å². The van der Waals surface area contributed by atoms with Crippen molar-refractivity contribution < 1.29 is 24.4 Å². The van der Waals surface area contributed by atoms with E-state index in [1.165, 1.54) is 0 Å². The maximum absolute atomic E-state index is 11.6. The third-order valence-corrected chi connectivity index (χ3v) is 9.21. The Balaban J connectivity index is 1.27. The van der Waals surface area contributed by atoms with Crippen molar-refractivity contribution in [2.45, 2.75) is 54.8 Å². The summed E-state index contributed by atoms with van der Waals surface area (Å²) in [5, 5.41) is 22.4. The molecule has 2 aliphatic heterocycles. The minimum Gasteiger partial charge on any atom is -0.491 e. The van der Waals surface area contributed by atoms with E-state index in [4.69, 9.17) is 37.4 Å². The minimum atomic E-state index is -1.14. The number of hydrogen-bond acceptors (Lipinski definition) is 8. The second kappa shape index (κ2) is 15.1. The van der Waals surface area contributed by atoms with E-state index in [9.17, 15) is 10.2 Å². The average molecular weight is 742 g/mol. The average Bonchev–Trinajstić information content (AvgIpc) is 3.00. The van der Waals surface area contributed by atoms with Gasteiger partial charge in [-0.2, -0.15) is 0 Å². The number of aliphatic hydroxyl groups is 2. The highest BCUT2D eigenvalue weighted by Gasteiger charge is 2.35. The topological polar surface area (TPSA) is 87.5 Å². The largest absolute Gasteiger partial charge is 0.491 e. The third kappa shape index (κ3) is 8.94. The van der Waals surface area contributed by atoms with E-state index < -0.39 is 9.71 Å². The van der Waals surface area contributed by atoms with Crippen LogP contribution >= 0.6 is 45.8 Å². The number of alkyl halides is 1. The molecule has 0 saturated carbocycles. The van der Waals surface area contributed by atoms with Crippen molar-refractivity contribution in [3.63, 3.8) is 0 Å². The first-order valence-corrected chi connectivity index (χ1v) is 16.5. The number of rotatable bonds is 11. The summed E-state index contributed by atoms with van der Waals surface area (Å²) < 4.78 is 16.0. The van der Waals surface area contributed by atoms with Crippen molar-refractivity contribution in [3.8, 4) is 5.75 Å². The number of ether oxygens (including phenoxy) is 3. The first kappa shape index (κ1) is 32.7. The number of piperazine rings is 1. The molecule has 232 valence electrons. The molecule has 1 aromatic heterocycles. The van der Waals surface area contributed by atoms with E-state index in [0.717, 1.165) is 54.9 Å². The lowest BCUT2D eigenvalue weighted by molar-refractivity contribution is -0.169. The Kier molecular flexibility index (Phi) is 11.4. The predicted molar refractivity (Wildman–Crippen MR) is 177 cm³/mol. The van der Waals surface area contributed by atoms with E-state index in [1.54, 1.807) is 19.2 Å². The summed E-state index contributed by atoms with van der Waals surface area (Å²) in [5.74, 6) is 0.611. The second-order valence-corrected chi connectivity index (χ2v) is 13.8. The number of aromatic nitrogens is 1. The molecule has 5 rings (SSSR count). The summed E-state index contributed by atoms with van der Waals surface area (Å²) in [4.78, 5) is 9.12. The molecule has 2 aromatic carbocycles. The molecular formula is C32H38Cl2IN3O5. The normalized spacial score (nSPS) is 21.8. The van der Waals surface area contributed by atoms with Gasteiger partial charge in [0.2, 0.25) is 0 Å².